The molecule has 132 valence electrons. The first-order valence-corrected chi connectivity index (χ1v) is 9.26. The molecular formula is C15H25FIN3O2S. The largest absolute Gasteiger partial charge is 0.356 e. The van der Waals surface area contributed by atoms with Gasteiger partial charge in [-0.3, -0.25) is 4.99 Å². The summed E-state index contributed by atoms with van der Waals surface area (Å²) in [6.07, 6.45) is 2.28. The van der Waals surface area contributed by atoms with E-state index >= 15 is 0 Å². The van der Waals surface area contributed by atoms with Crippen molar-refractivity contribution in [2.45, 2.75) is 25.8 Å². The lowest BCUT2D eigenvalue weighted by Gasteiger charge is -2.17. The molecule has 0 aromatic heterocycles. The van der Waals surface area contributed by atoms with Crippen molar-refractivity contribution in [1.82, 2.24) is 10.6 Å². The Kier molecular flexibility index (Phi) is 10.4. The summed E-state index contributed by atoms with van der Waals surface area (Å²) in [6.45, 7) is 2.44. The fourth-order valence-corrected chi connectivity index (χ4v) is 2.69. The minimum absolute atomic E-state index is 0. The molecule has 0 heterocycles. The average molecular weight is 457 g/mol. The minimum Gasteiger partial charge on any atom is -0.356 e. The predicted molar refractivity (Wildman–Crippen MR) is 104 cm³/mol. The molecule has 0 aliphatic heterocycles. The van der Waals surface area contributed by atoms with Gasteiger partial charge < -0.3 is 10.6 Å². The first-order chi connectivity index (χ1) is 10.3. The second kappa shape index (κ2) is 10.8. The van der Waals surface area contributed by atoms with Crippen molar-refractivity contribution in [1.29, 1.82) is 0 Å². The van der Waals surface area contributed by atoms with E-state index in [4.69, 9.17) is 0 Å². The van der Waals surface area contributed by atoms with Gasteiger partial charge in [-0.25, -0.2) is 12.8 Å². The molecular weight excluding hydrogens is 432 g/mol. The van der Waals surface area contributed by atoms with Gasteiger partial charge in [0, 0.05) is 25.9 Å². The van der Waals surface area contributed by atoms with Gasteiger partial charge >= 0.3 is 0 Å². The van der Waals surface area contributed by atoms with Crippen LogP contribution in [0.1, 0.15) is 18.9 Å². The van der Waals surface area contributed by atoms with E-state index in [9.17, 15) is 12.8 Å². The highest BCUT2D eigenvalue weighted by Gasteiger charge is 2.09. The zero-order valence-electron chi connectivity index (χ0n) is 13.7. The van der Waals surface area contributed by atoms with Crippen LogP contribution in [0.25, 0.3) is 0 Å². The van der Waals surface area contributed by atoms with Gasteiger partial charge in [0.15, 0.2) is 5.96 Å². The quantitative estimate of drug-likeness (QED) is 0.373. The molecule has 2 N–H and O–H groups in total. The molecule has 1 atom stereocenters. The Balaban J connectivity index is 0.00000484. The molecule has 0 amide bonds. The smallest absolute Gasteiger partial charge is 0.191 e. The molecule has 0 fully saturated rings. The number of nitrogens with zero attached hydrogens (tertiary/aromatic N) is 1. The first kappa shape index (κ1) is 22.1. The third kappa shape index (κ3) is 9.75. The lowest BCUT2D eigenvalue weighted by molar-refractivity contribution is 0.580. The molecule has 1 aromatic rings. The lowest BCUT2D eigenvalue weighted by atomic mass is 10.1. The summed E-state index contributed by atoms with van der Waals surface area (Å²) in [6, 6.07) is 6.64. The Hall–Kier alpha value is -0.900. The van der Waals surface area contributed by atoms with E-state index in [-0.39, 0.29) is 41.6 Å². The number of benzene rings is 1. The summed E-state index contributed by atoms with van der Waals surface area (Å²) < 4.78 is 35.8. The molecule has 0 aliphatic rings. The van der Waals surface area contributed by atoms with Gasteiger partial charge in [-0.2, -0.15) is 0 Å². The van der Waals surface area contributed by atoms with Crippen LogP contribution in [-0.2, 0) is 16.3 Å². The van der Waals surface area contributed by atoms with Crippen molar-refractivity contribution < 1.29 is 12.8 Å². The third-order valence-corrected chi connectivity index (χ3v) is 4.15. The fraction of sp³-hybridized carbons (Fsp3) is 0.533. The maximum absolute atomic E-state index is 13.5. The highest BCUT2D eigenvalue weighted by molar-refractivity contribution is 14.0. The normalized spacial score (nSPS) is 13.1. The fourth-order valence-electron chi connectivity index (χ4n) is 1.91. The van der Waals surface area contributed by atoms with E-state index in [2.05, 4.69) is 15.6 Å². The number of aliphatic imine (C=N–C) groups is 1. The average Bonchev–Trinajstić information content (AvgIpc) is 2.45. The molecule has 0 radical (unpaired) electrons. The monoisotopic (exact) mass is 457 g/mol. The SMILES string of the molecule is CN=C(NCCc1ccccc1F)NC(C)CCS(C)(=O)=O.I. The maximum Gasteiger partial charge on any atom is 0.191 e. The molecule has 23 heavy (non-hydrogen) atoms. The molecule has 0 saturated carbocycles. The van der Waals surface area contributed by atoms with Crippen LogP contribution < -0.4 is 10.6 Å². The van der Waals surface area contributed by atoms with Crippen LogP contribution in [0.15, 0.2) is 29.3 Å². The number of rotatable bonds is 7. The number of guanidine groups is 1. The number of sulfone groups is 1. The van der Waals surface area contributed by atoms with Crippen molar-refractivity contribution in [2.24, 2.45) is 4.99 Å². The van der Waals surface area contributed by atoms with Crippen LogP contribution in [0.4, 0.5) is 4.39 Å². The van der Waals surface area contributed by atoms with Crippen molar-refractivity contribution in [3.8, 4) is 0 Å². The van der Waals surface area contributed by atoms with E-state index in [1.807, 2.05) is 6.92 Å². The number of hydrogen-bond donors (Lipinski definition) is 2. The van der Waals surface area contributed by atoms with E-state index < -0.39 is 9.84 Å². The Morgan fingerprint density at radius 3 is 2.57 bits per heavy atom. The zero-order valence-corrected chi connectivity index (χ0v) is 16.8. The zero-order chi connectivity index (χ0) is 16.6. The Labute approximate surface area is 155 Å². The summed E-state index contributed by atoms with van der Waals surface area (Å²) in [4.78, 5) is 4.08. The number of nitrogens with one attached hydrogen (secondary N) is 2. The van der Waals surface area contributed by atoms with E-state index in [0.29, 0.717) is 30.9 Å². The van der Waals surface area contributed by atoms with Crippen molar-refractivity contribution in [3.05, 3.63) is 35.6 Å². The topological polar surface area (TPSA) is 70.6 Å². The summed E-state index contributed by atoms with van der Waals surface area (Å²) in [5.74, 6) is 0.499. The van der Waals surface area contributed by atoms with Crippen LogP contribution in [0, 0.1) is 5.82 Å². The van der Waals surface area contributed by atoms with Gasteiger partial charge in [0.2, 0.25) is 0 Å². The van der Waals surface area contributed by atoms with Gasteiger partial charge in [0.05, 0.1) is 5.75 Å². The highest BCUT2D eigenvalue weighted by Crippen LogP contribution is 2.06. The minimum atomic E-state index is -2.96. The van der Waals surface area contributed by atoms with Crippen LogP contribution in [0.5, 0.6) is 0 Å². The third-order valence-electron chi connectivity index (χ3n) is 3.17. The molecule has 0 aliphatic carbocycles. The summed E-state index contributed by atoms with van der Waals surface area (Å²) in [7, 11) is -1.32. The maximum atomic E-state index is 13.5. The molecule has 0 bridgehead atoms. The number of halogens is 2. The first-order valence-electron chi connectivity index (χ1n) is 7.20. The van der Waals surface area contributed by atoms with Gasteiger partial charge in [-0.15, -0.1) is 24.0 Å². The van der Waals surface area contributed by atoms with Gasteiger partial charge in [0.1, 0.15) is 15.7 Å². The molecule has 0 saturated heterocycles. The Morgan fingerprint density at radius 2 is 2.00 bits per heavy atom. The van der Waals surface area contributed by atoms with Crippen molar-refractivity contribution in [3.63, 3.8) is 0 Å². The molecule has 1 rings (SSSR count). The van der Waals surface area contributed by atoms with Crippen molar-refractivity contribution in [2.75, 3.05) is 25.6 Å². The molecule has 1 aromatic carbocycles. The van der Waals surface area contributed by atoms with Gasteiger partial charge in [0.25, 0.3) is 0 Å². The van der Waals surface area contributed by atoms with E-state index in [1.54, 1.807) is 25.2 Å². The summed E-state index contributed by atoms with van der Waals surface area (Å²) >= 11 is 0. The predicted octanol–water partition coefficient (Wildman–Crippen LogP) is 1.97. The molecule has 0 spiro atoms. The van der Waals surface area contributed by atoms with Crippen LogP contribution in [0.3, 0.4) is 0 Å². The van der Waals surface area contributed by atoms with Crippen molar-refractivity contribution >= 4 is 39.8 Å². The standard InChI is InChI=1S/C15H24FN3O2S.HI/c1-12(9-11-22(3,20)21)19-15(17-2)18-10-8-13-6-4-5-7-14(13)16;/h4-7,12H,8-11H2,1-3H3,(H2,17,18,19);1H. The highest BCUT2D eigenvalue weighted by atomic mass is 127. The molecule has 1 unspecified atom stereocenters. The second-order valence-corrected chi connectivity index (χ2v) is 7.56. The van der Waals surface area contributed by atoms with Gasteiger partial charge in [-0.05, 0) is 31.4 Å². The molecule has 8 heteroatoms. The van der Waals surface area contributed by atoms with Gasteiger partial charge in [-0.1, -0.05) is 18.2 Å². The van der Waals surface area contributed by atoms with Crippen LogP contribution >= 0.6 is 24.0 Å². The van der Waals surface area contributed by atoms with E-state index in [0.717, 1.165) is 0 Å². The number of hydrogen-bond acceptors (Lipinski definition) is 3. The van der Waals surface area contributed by atoms with E-state index in [1.165, 1.54) is 12.3 Å². The van der Waals surface area contributed by atoms with Crippen LogP contribution in [0.2, 0.25) is 0 Å². The summed E-state index contributed by atoms with van der Waals surface area (Å²) in [5, 5.41) is 6.22. The summed E-state index contributed by atoms with van der Waals surface area (Å²) in [5.41, 5.74) is 0.649. The van der Waals surface area contributed by atoms with Crippen LogP contribution in [-0.4, -0.2) is 46.0 Å². The second-order valence-electron chi connectivity index (χ2n) is 5.30. The lowest BCUT2D eigenvalue weighted by Crippen LogP contribution is -2.43. The molecule has 5 nitrogen and oxygen atoms in total. The Bertz CT molecular complexity index is 608. The Morgan fingerprint density at radius 1 is 1.35 bits per heavy atom.